The zero-order valence-corrected chi connectivity index (χ0v) is 17.7. The van der Waals surface area contributed by atoms with Gasteiger partial charge in [-0.3, -0.25) is 0 Å². The van der Waals surface area contributed by atoms with Crippen molar-refractivity contribution in [3.63, 3.8) is 0 Å². The van der Waals surface area contributed by atoms with Crippen molar-refractivity contribution in [3.05, 3.63) is 34.9 Å². The fourth-order valence-electron chi connectivity index (χ4n) is 3.93. The molecule has 0 fully saturated rings. The predicted molar refractivity (Wildman–Crippen MR) is 114 cm³/mol. The Morgan fingerprint density at radius 2 is 1.29 bits per heavy atom. The van der Waals surface area contributed by atoms with Crippen molar-refractivity contribution in [3.8, 4) is 0 Å². The summed E-state index contributed by atoms with van der Waals surface area (Å²) in [6, 6.07) is 4.88. The maximum Gasteiger partial charge on any atom is 0.336 e. The maximum absolute atomic E-state index is 11.8. The molecule has 28 heavy (non-hydrogen) atoms. The van der Waals surface area contributed by atoms with E-state index in [0.717, 1.165) is 38.5 Å². The molecule has 0 aliphatic heterocycles. The van der Waals surface area contributed by atoms with Gasteiger partial charge in [-0.05, 0) is 30.4 Å². The minimum absolute atomic E-state index is 0.0213. The molecule has 0 spiro atoms. The Morgan fingerprint density at radius 1 is 0.750 bits per heavy atom. The molecule has 0 heterocycles. The SMILES string of the molecule is CCCCCCCCCCCC(CCCC)c1cccc(C(=O)O)c1C(=O)O. The van der Waals surface area contributed by atoms with Crippen LogP contribution in [0.3, 0.4) is 0 Å². The predicted octanol–water partition coefficient (Wildman–Crippen LogP) is 7.28. The smallest absolute Gasteiger partial charge is 0.336 e. The van der Waals surface area contributed by atoms with Crippen LogP contribution in [-0.4, -0.2) is 22.2 Å². The van der Waals surface area contributed by atoms with E-state index in [-0.39, 0.29) is 17.0 Å². The number of rotatable bonds is 16. The van der Waals surface area contributed by atoms with Crippen LogP contribution in [0, 0.1) is 0 Å². The second kappa shape index (κ2) is 14.2. The van der Waals surface area contributed by atoms with Gasteiger partial charge in [0.2, 0.25) is 0 Å². The normalized spacial score (nSPS) is 12.1. The molecule has 158 valence electrons. The highest BCUT2D eigenvalue weighted by molar-refractivity contribution is 6.02. The van der Waals surface area contributed by atoms with Gasteiger partial charge in [0, 0.05) is 0 Å². The molecule has 1 aromatic carbocycles. The monoisotopic (exact) mass is 390 g/mol. The van der Waals surface area contributed by atoms with Crippen molar-refractivity contribution in [2.45, 2.75) is 103 Å². The van der Waals surface area contributed by atoms with Gasteiger partial charge in [0.15, 0.2) is 0 Å². The number of carboxylic acids is 2. The Kier molecular flexibility index (Phi) is 12.3. The van der Waals surface area contributed by atoms with Gasteiger partial charge in [-0.2, -0.15) is 0 Å². The van der Waals surface area contributed by atoms with E-state index in [9.17, 15) is 19.8 Å². The maximum atomic E-state index is 11.8. The van der Waals surface area contributed by atoms with E-state index in [1.807, 2.05) is 6.07 Å². The third-order valence-corrected chi connectivity index (χ3v) is 5.54. The Labute approximate surface area is 170 Å². The standard InChI is InChI=1S/C24H38O4/c1-3-5-7-8-9-10-11-12-13-16-19(15-6-4-2)20-17-14-18-21(23(25)26)22(20)24(27)28/h14,17-19H,3-13,15-16H2,1-2H3,(H,25,26)(H,27,28). The molecule has 2 N–H and O–H groups in total. The van der Waals surface area contributed by atoms with Crippen molar-refractivity contribution in [2.75, 3.05) is 0 Å². The topological polar surface area (TPSA) is 74.6 Å². The quantitative estimate of drug-likeness (QED) is 0.291. The summed E-state index contributed by atoms with van der Waals surface area (Å²) in [6.45, 7) is 4.36. The molecular weight excluding hydrogens is 352 g/mol. The van der Waals surface area contributed by atoms with Crippen LogP contribution in [0.1, 0.15) is 130 Å². The van der Waals surface area contributed by atoms with Crippen LogP contribution >= 0.6 is 0 Å². The highest BCUT2D eigenvalue weighted by Gasteiger charge is 2.24. The molecule has 0 amide bonds. The first-order valence-electron chi connectivity index (χ1n) is 11.1. The molecule has 0 aliphatic carbocycles. The van der Waals surface area contributed by atoms with Gasteiger partial charge >= 0.3 is 11.9 Å². The fourth-order valence-corrected chi connectivity index (χ4v) is 3.93. The third kappa shape index (κ3) is 8.45. The Hall–Kier alpha value is -1.84. The fraction of sp³-hybridized carbons (Fsp3) is 0.667. The van der Waals surface area contributed by atoms with Gasteiger partial charge in [0.05, 0.1) is 11.1 Å². The zero-order chi connectivity index (χ0) is 20.8. The highest BCUT2D eigenvalue weighted by Crippen LogP contribution is 2.32. The van der Waals surface area contributed by atoms with Crippen LogP contribution < -0.4 is 0 Å². The lowest BCUT2D eigenvalue weighted by atomic mass is 9.84. The first-order valence-corrected chi connectivity index (χ1v) is 11.1. The Morgan fingerprint density at radius 3 is 1.82 bits per heavy atom. The van der Waals surface area contributed by atoms with E-state index < -0.39 is 11.9 Å². The van der Waals surface area contributed by atoms with Crippen molar-refractivity contribution >= 4 is 11.9 Å². The summed E-state index contributed by atoms with van der Waals surface area (Å²) < 4.78 is 0. The molecule has 0 aromatic heterocycles. The summed E-state index contributed by atoms with van der Waals surface area (Å²) in [5.41, 5.74) is 0.575. The van der Waals surface area contributed by atoms with Crippen LogP contribution in [0.2, 0.25) is 0 Å². The molecule has 0 radical (unpaired) electrons. The Balaban J connectivity index is 2.67. The number of hydrogen-bond donors (Lipinski definition) is 2. The van der Waals surface area contributed by atoms with Gasteiger partial charge in [0.25, 0.3) is 0 Å². The van der Waals surface area contributed by atoms with Crippen molar-refractivity contribution < 1.29 is 19.8 Å². The number of carboxylic acid groups (broad SMARTS) is 2. The van der Waals surface area contributed by atoms with Gasteiger partial charge < -0.3 is 10.2 Å². The summed E-state index contributed by atoms with van der Waals surface area (Å²) in [4.78, 5) is 23.3. The van der Waals surface area contributed by atoms with E-state index in [4.69, 9.17) is 0 Å². The summed E-state index contributed by atoms with van der Waals surface area (Å²) in [5.74, 6) is -2.19. The minimum atomic E-state index is -1.17. The average molecular weight is 391 g/mol. The average Bonchev–Trinajstić information content (AvgIpc) is 2.68. The summed E-state index contributed by atoms with van der Waals surface area (Å²) >= 11 is 0. The van der Waals surface area contributed by atoms with Crippen molar-refractivity contribution in [1.29, 1.82) is 0 Å². The number of hydrogen-bond acceptors (Lipinski definition) is 2. The second-order valence-electron chi connectivity index (χ2n) is 7.84. The van der Waals surface area contributed by atoms with Crippen LogP contribution in [0.25, 0.3) is 0 Å². The third-order valence-electron chi connectivity index (χ3n) is 5.54. The first kappa shape index (κ1) is 24.2. The molecule has 1 rings (SSSR count). The molecule has 4 nitrogen and oxygen atoms in total. The van der Waals surface area contributed by atoms with Gasteiger partial charge in [-0.25, -0.2) is 9.59 Å². The van der Waals surface area contributed by atoms with Crippen molar-refractivity contribution in [2.24, 2.45) is 0 Å². The highest BCUT2D eigenvalue weighted by atomic mass is 16.4. The molecule has 1 unspecified atom stereocenters. The van der Waals surface area contributed by atoms with Crippen LogP contribution in [0.15, 0.2) is 18.2 Å². The van der Waals surface area contributed by atoms with Crippen LogP contribution in [-0.2, 0) is 0 Å². The van der Waals surface area contributed by atoms with Crippen LogP contribution in [0.5, 0.6) is 0 Å². The largest absolute Gasteiger partial charge is 0.478 e. The van der Waals surface area contributed by atoms with E-state index >= 15 is 0 Å². The molecule has 0 saturated heterocycles. The molecule has 4 heteroatoms. The molecule has 0 aliphatic rings. The minimum Gasteiger partial charge on any atom is -0.478 e. The Bertz CT molecular complexity index is 594. The molecule has 1 atom stereocenters. The number of benzene rings is 1. The summed E-state index contributed by atoms with van der Waals surface area (Å²) in [7, 11) is 0. The second-order valence-corrected chi connectivity index (χ2v) is 7.84. The summed E-state index contributed by atoms with van der Waals surface area (Å²) in [5, 5.41) is 19.0. The molecule has 0 saturated carbocycles. The lowest BCUT2D eigenvalue weighted by molar-refractivity contribution is 0.0650. The zero-order valence-electron chi connectivity index (χ0n) is 17.7. The first-order chi connectivity index (χ1) is 13.5. The molecule has 1 aromatic rings. The van der Waals surface area contributed by atoms with Gasteiger partial charge in [0.1, 0.15) is 0 Å². The molecular formula is C24H38O4. The number of aromatic carboxylic acids is 2. The van der Waals surface area contributed by atoms with E-state index in [1.165, 1.54) is 51.0 Å². The van der Waals surface area contributed by atoms with E-state index in [1.54, 1.807) is 6.07 Å². The van der Waals surface area contributed by atoms with Gasteiger partial charge in [-0.1, -0.05) is 96.6 Å². The lowest BCUT2D eigenvalue weighted by Gasteiger charge is -2.20. The lowest BCUT2D eigenvalue weighted by Crippen LogP contribution is -2.14. The molecule has 0 bridgehead atoms. The number of unbranched alkanes of at least 4 members (excludes halogenated alkanes) is 9. The summed E-state index contributed by atoms with van der Waals surface area (Å²) in [6.07, 6.45) is 15.3. The van der Waals surface area contributed by atoms with Crippen molar-refractivity contribution in [1.82, 2.24) is 0 Å². The van der Waals surface area contributed by atoms with E-state index in [0.29, 0.717) is 5.56 Å². The van der Waals surface area contributed by atoms with E-state index in [2.05, 4.69) is 13.8 Å². The van der Waals surface area contributed by atoms with Gasteiger partial charge in [-0.15, -0.1) is 0 Å². The van der Waals surface area contributed by atoms with Crippen LogP contribution in [0.4, 0.5) is 0 Å². The number of carbonyl (C=O) groups is 2.